The quantitative estimate of drug-likeness (QED) is 0.778. The second-order valence-electron chi connectivity index (χ2n) is 3.58. The van der Waals surface area contributed by atoms with Crippen LogP contribution in [-0.2, 0) is 9.53 Å². The maximum absolute atomic E-state index is 10.9. The van der Waals surface area contributed by atoms with Crippen molar-refractivity contribution < 1.29 is 24.5 Å². The van der Waals surface area contributed by atoms with Crippen molar-refractivity contribution in [2.75, 3.05) is 6.61 Å². The molecule has 0 radical (unpaired) electrons. The first-order valence-electron chi connectivity index (χ1n) is 5.19. The second kappa shape index (κ2) is 4.78. The van der Waals surface area contributed by atoms with Gasteiger partial charge in [-0.1, -0.05) is 18.2 Å². The van der Waals surface area contributed by atoms with Crippen LogP contribution >= 0.6 is 0 Å². The van der Waals surface area contributed by atoms with Crippen molar-refractivity contribution in [1.29, 1.82) is 0 Å². The fraction of sp³-hybridized carbons (Fsp3) is 0.250. The van der Waals surface area contributed by atoms with Gasteiger partial charge in [0.25, 0.3) is 0 Å². The normalized spacial score (nSPS) is 19.3. The molecule has 1 atom stereocenters. The van der Waals surface area contributed by atoms with Crippen LogP contribution in [0.2, 0.25) is 0 Å². The highest BCUT2D eigenvalue weighted by Gasteiger charge is 2.33. The number of benzene rings is 1. The van der Waals surface area contributed by atoms with Crippen molar-refractivity contribution in [1.82, 2.24) is 0 Å². The molecule has 1 aliphatic rings. The first kappa shape index (κ1) is 11.3. The minimum atomic E-state index is -0.896. The summed E-state index contributed by atoms with van der Waals surface area (Å²) >= 11 is 0. The van der Waals surface area contributed by atoms with Crippen LogP contribution in [0.1, 0.15) is 6.42 Å². The molecule has 1 heterocycles. The van der Waals surface area contributed by atoms with Gasteiger partial charge in [0.15, 0.2) is 11.9 Å². The number of hydrogen-bond donors (Lipinski definition) is 2. The van der Waals surface area contributed by atoms with E-state index in [0.29, 0.717) is 5.75 Å². The van der Waals surface area contributed by atoms with Gasteiger partial charge in [-0.05, 0) is 12.1 Å². The number of hydrogen-bond acceptors (Lipinski definition) is 5. The Balaban J connectivity index is 1.83. The molecule has 0 amide bonds. The predicted octanol–water partition coefficient (Wildman–Crippen LogP) is 1.71. The largest absolute Gasteiger partial charge is 0.505 e. The zero-order chi connectivity index (χ0) is 12.3. The van der Waals surface area contributed by atoms with Gasteiger partial charge in [0.2, 0.25) is 5.76 Å². The van der Waals surface area contributed by atoms with Gasteiger partial charge < -0.3 is 19.7 Å². The van der Waals surface area contributed by atoms with E-state index < -0.39 is 23.6 Å². The van der Waals surface area contributed by atoms with Gasteiger partial charge in [-0.15, -0.1) is 0 Å². The smallest absolute Gasteiger partial charge is 0.377 e. The molecule has 0 saturated heterocycles. The maximum atomic E-state index is 10.9. The summed E-state index contributed by atoms with van der Waals surface area (Å²) in [6.07, 6.45) is -0.525. The summed E-state index contributed by atoms with van der Waals surface area (Å²) in [6.45, 7) is 0.277. The van der Waals surface area contributed by atoms with E-state index in [4.69, 9.17) is 14.6 Å². The zero-order valence-electron chi connectivity index (χ0n) is 9.00. The van der Waals surface area contributed by atoms with Crippen LogP contribution in [0, 0.1) is 0 Å². The number of aliphatic hydroxyl groups excluding tert-OH is 2. The topological polar surface area (TPSA) is 76.0 Å². The Bertz CT molecular complexity index is 437. The molecule has 90 valence electrons. The van der Waals surface area contributed by atoms with E-state index in [0.717, 1.165) is 0 Å². The fourth-order valence-corrected chi connectivity index (χ4v) is 1.49. The molecule has 2 N–H and O–H groups in total. The van der Waals surface area contributed by atoms with E-state index in [1.807, 2.05) is 18.2 Å². The van der Waals surface area contributed by atoms with Crippen LogP contribution in [0.5, 0.6) is 5.75 Å². The summed E-state index contributed by atoms with van der Waals surface area (Å²) in [7, 11) is 0. The van der Waals surface area contributed by atoms with Crippen LogP contribution in [0.3, 0.4) is 0 Å². The SMILES string of the molecule is O=C1OC(CCOc2ccccc2)C(O)=C1O. The van der Waals surface area contributed by atoms with E-state index in [2.05, 4.69) is 0 Å². The highest BCUT2D eigenvalue weighted by atomic mass is 16.6. The Morgan fingerprint density at radius 3 is 2.53 bits per heavy atom. The molecule has 1 aromatic rings. The number of aliphatic hydroxyl groups is 2. The molecule has 1 aromatic carbocycles. The third-order valence-electron chi connectivity index (χ3n) is 2.38. The van der Waals surface area contributed by atoms with Crippen molar-refractivity contribution in [2.24, 2.45) is 0 Å². The van der Waals surface area contributed by atoms with Gasteiger partial charge in [-0.2, -0.15) is 0 Å². The zero-order valence-corrected chi connectivity index (χ0v) is 9.00. The van der Waals surface area contributed by atoms with Crippen LogP contribution < -0.4 is 4.74 Å². The number of carbonyl (C=O) groups excluding carboxylic acids is 1. The number of para-hydroxylation sites is 1. The van der Waals surface area contributed by atoms with Gasteiger partial charge in [0, 0.05) is 6.42 Å². The van der Waals surface area contributed by atoms with Crippen LogP contribution in [0.25, 0.3) is 0 Å². The molecular formula is C12H12O5. The first-order valence-corrected chi connectivity index (χ1v) is 5.19. The average molecular weight is 236 g/mol. The van der Waals surface area contributed by atoms with Crippen molar-refractivity contribution in [3.63, 3.8) is 0 Å². The minimum Gasteiger partial charge on any atom is -0.505 e. The molecule has 0 aliphatic carbocycles. The maximum Gasteiger partial charge on any atom is 0.377 e. The standard InChI is InChI=1S/C12H12O5/c13-10-9(17-12(15)11(10)14)6-7-16-8-4-2-1-3-5-8/h1-5,9,13-14H,6-7H2. The summed E-state index contributed by atoms with van der Waals surface area (Å²) < 4.78 is 10.1. The minimum absolute atomic E-state index is 0.277. The van der Waals surface area contributed by atoms with Gasteiger partial charge in [-0.3, -0.25) is 0 Å². The highest BCUT2D eigenvalue weighted by molar-refractivity contribution is 5.88. The lowest BCUT2D eigenvalue weighted by atomic mass is 10.2. The number of esters is 1. The number of rotatable bonds is 4. The summed E-state index contributed by atoms with van der Waals surface area (Å²) in [5.41, 5.74) is 0. The lowest BCUT2D eigenvalue weighted by molar-refractivity contribution is -0.142. The molecule has 0 fully saturated rings. The first-order chi connectivity index (χ1) is 8.18. The van der Waals surface area contributed by atoms with Crippen molar-refractivity contribution >= 4 is 5.97 Å². The van der Waals surface area contributed by atoms with Gasteiger partial charge >= 0.3 is 5.97 Å². The molecular weight excluding hydrogens is 224 g/mol. The molecule has 2 rings (SSSR count). The molecule has 0 aromatic heterocycles. The molecule has 0 bridgehead atoms. The lowest BCUT2D eigenvalue weighted by Crippen LogP contribution is -2.15. The van der Waals surface area contributed by atoms with E-state index in [9.17, 15) is 9.90 Å². The summed E-state index contributed by atoms with van der Waals surface area (Å²) in [5.74, 6) is -1.34. The predicted molar refractivity (Wildman–Crippen MR) is 58.7 cm³/mol. The van der Waals surface area contributed by atoms with Crippen LogP contribution in [0.15, 0.2) is 41.9 Å². The summed E-state index contributed by atoms with van der Waals surface area (Å²) in [6, 6.07) is 9.15. The lowest BCUT2D eigenvalue weighted by Gasteiger charge is -2.10. The van der Waals surface area contributed by atoms with Gasteiger partial charge in [-0.25, -0.2) is 4.79 Å². The molecule has 0 saturated carbocycles. The van der Waals surface area contributed by atoms with Crippen LogP contribution in [-0.4, -0.2) is 28.9 Å². The number of cyclic esters (lactones) is 1. The number of ether oxygens (including phenoxy) is 2. The average Bonchev–Trinajstić information content (AvgIpc) is 2.59. The Kier molecular flexibility index (Phi) is 3.18. The number of carbonyl (C=O) groups is 1. The van der Waals surface area contributed by atoms with Crippen LogP contribution in [0.4, 0.5) is 0 Å². The molecule has 0 spiro atoms. The van der Waals surface area contributed by atoms with E-state index in [1.54, 1.807) is 12.1 Å². The monoisotopic (exact) mass is 236 g/mol. The molecule has 5 nitrogen and oxygen atoms in total. The third kappa shape index (κ3) is 2.50. The Morgan fingerprint density at radius 2 is 1.94 bits per heavy atom. The summed E-state index contributed by atoms with van der Waals surface area (Å²) in [4.78, 5) is 10.9. The molecule has 1 aliphatic heterocycles. The van der Waals surface area contributed by atoms with Crippen molar-refractivity contribution in [3.8, 4) is 5.75 Å². The highest BCUT2D eigenvalue weighted by Crippen LogP contribution is 2.21. The third-order valence-corrected chi connectivity index (χ3v) is 2.38. The Morgan fingerprint density at radius 1 is 1.24 bits per heavy atom. The molecule has 17 heavy (non-hydrogen) atoms. The van der Waals surface area contributed by atoms with E-state index >= 15 is 0 Å². The van der Waals surface area contributed by atoms with Crippen molar-refractivity contribution in [2.45, 2.75) is 12.5 Å². The van der Waals surface area contributed by atoms with Crippen molar-refractivity contribution in [3.05, 3.63) is 41.9 Å². The second-order valence-corrected chi connectivity index (χ2v) is 3.58. The fourth-order valence-electron chi connectivity index (χ4n) is 1.49. The van der Waals surface area contributed by atoms with Gasteiger partial charge in [0.05, 0.1) is 6.61 Å². The van der Waals surface area contributed by atoms with E-state index in [-0.39, 0.29) is 13.0 Å². The molecule has 1 unspecified atom stereocenters. The summed E-state index contributed by atoms with van der Waals surface area (Å²) in [5, 5.41) is 18.4. The Hall–Kier alpha value is -2.17. The van der Waals surface area contributed by atoms with E-state index in [1.165, 1.54) is 0 Å². The Labute approximate surface area is 97.9 Å². The van der Waals surface area contributed by atoms with Gasteiger partial charge in [0.1, 0.15) is 5.75 Å². The molecule has 5 heteroatoms.